The molecule has 0 radical (unpaired) electrons. The number of methoxy groups -OCH3 is 1. The Hall–Kier alpha value is -3.67. The first kappa shape index (κ1) is 20.6. The van der Waals surface area contributed by atoms with Crippen LogP contribution in [0.5, 0.6) is 0 Å². The van der Waals surface area contributed by atoms with Crippen molar-refractivity contribution >= 4 is 29.0 Å². The number of para-hydroxylation sites is 1. The Morgan fingerprint density at radius 2 is 1.81 bits per heavy atom. The number of rotatable bonds is 3. The third-order valence-electron chi connectivity index (χ3n) is 5.93. The maximum absolute atomic E-state index is 13.0. The lowest BCUT2D eigenvalue weighted by Crippen LogP contribution is -2.23. The van der Waals surface area contributed by atoms with E-state index in [2.05, 4.69) is 23.8 Å². The Kier molecular flexibility index (Phi) is 5.01. The van der Waals surface area contributed by atoms with Gasteiger partial charge in [-0.25, -0.2) is 4.79 Å². The van der Waals surface area contributed by atoms with Gasteiger partial charge in [0.15, 0.2) is 0 Å². The minimum absolute atomic E-state index is 0.149. The van der Waals surface area contributed by atoms with E-state index in [4.69, 9.17) is 4.74 Å². The predicted octanol–water partition coefficient (Wildman–Crippen LogP) is 4.43. The first-order valence-corrected chi connectivity index (χ1v) is 10.1. The summed E-state index contributed by atoms with van der Waals surface area (Å²) in [7, 11) is 3.37. The molecule has 0 bridgehead atoms. The Labute approximate surface area is 182 Å². The van der Waals surface area contributed by atoms with Crippen molar-refractivity contribution in [3.05, 3.63) is 83.1 Å². The van der Waals surface area contributed by atoms with Gasteiger partial charge in [-0.15, -0.1) is 0 Å². The third-order valence-corrected chi connectivity index (χ3v) is 5.93. The van der Waals surface area contributed by atoms with Gasteiger partial charge < -0.3 is 9.64 Å². The highest BCUT2D eigenvalue weighted by Crippen LogP contribution is 2.47. The minimum atomic E-state index is -0.356. The highest BCUT2D eigenvalue weighted by Gasteiger charge is 2.39. The molecule has 0 unspecified atom stereocenters. The first-order valence-electron chi connectivity index (χ1n) is 10.1. The molecular weight excluding hydrogens is 390 g/mol. The highest BCUT2D eigenvalue weighted by atomic mass is 16.5. The van der Waals surface area contributed by atoms with E-state index in [-0.39, 0.29) is 17.3 Å². The molecule has 0 spiro atoms. The van der Waals surface area contributed by atoms with Crippen LogP contribution in [-0.4, -0.2) is 31.7 Å². The Morgan fingerprint density at radius 1 is 1.10 bits per heavy atom. The number of amides is 1. The molecule has 2 aromatic carbocycles. The van der Waals surface area contributed by atoms with E-state index in [9.17, 15) is 9.59 Å². The van der Waals surface area contributed by atoms with Gasteiger partial charge in [0, 0.05) is 23.8 Å². The zero-order valence-electron chi connectivity index (χ0n) is 18.3. The summed E-state index contributed by atoms with van der Waals surface area (Å²) in [5.74, 6) is -0.505. The van der Waals surface area contributed by atoms with Crippen LogP contribution in [0.2, 0.25) is 0 Å². The van der Waals surface area contributed by atoms with Crippen molar-refractivity contribution in [2.24, 2.45) is 5.10 Å². The van der Waals surface area contributed by atoms with Crippen molar-refractivity contribution in [3.8, 4) is 0 Å². The van der Waals surface area contributed by atoms with Crippen molar-refractivity contribution in [1.29, 1.82) is 0 Å². The van der Waals surface area contributed by atoms with Crippen LogP contribution in [0.4, 0.5) is 11.4 Å². The fourth-order valence-corrected chi connectivity index (χ4v) is 4.20. The zero-order valence-corrected chi connectivity index (χ0v) is 18.3. The summed E-state index contributed by atoms with van der Waals surface area (Å²) in [6, 6.07) is 15.0. The molecule has 0 aliphatic carbocycles. The van der Waals surface area contributed by atoms with Crippen LogP contribution in [0.1, 0.15) is 36.7 Å². The normalized spacial score (nSPS) is 19.8. The monoisotopic (exact) mass is 415 g/mol. The number of benzene rings is 2. The second-order valence-corrected chi connectivity index (χ2v) is 8.18. The molecule has 2 aliphatic heterocycles. The number of likely N-dealkylation sites (N-methyl/N-ethyl adjacent to an activating group) is 1. The van der Waals surface area contributed by atoms with Gasteiger partial charge in [-0.05, 0) is 55.0 Å². The van der Waals surface area contributed by atoms with Crippen molar-refractivity contribution in [2.45, 2.75) is 26.2 Å². The number of carbonyl (C=O) groups excluding carboxylic acids is 2. The number of hydrogen-bond acceptors (Lipinski definition) is 5. The molecule has 6 heteroatoms. The summed E-state index contributed by atoms with van der Waals surface area (Å²) in [4.78, 5) is 27.1. The van der Waals surface area contributed by atoms with Crippen LogP contribution in [-0.2, 0) is 14.9 Å². The topological polar surface area (TPSA) is 62.2 Å². The summed E-state index contributed by atoms with van der Waals surface area (Å²) < 4.78 is 4.87. The van der Waals surface area contributed by atoms with Crippen LogP contribution in [0.15, 0.2) is 77.1 Å². The molecule has 31 heavy (non-hydrogen) atoms. The lowest BCUT2D eigenvalue weighted by molar-refractivity contribution is -0.114. The van der Waals surface area contributed by atoms with Crippen molar-refractivity contribution in [2.75, 3.05) is 24.1 Å². The number of carbonyl (C=O) groups is 2. The molecule has 158 valence electrons. The number of ether oxygens (including phenoxy) is 1. The molecule has 0 aromatic heterocycles. The maximum Gasteiger partial charge on any atom is 0.337 e. The summed E-state index contributed by atoms with van der Waals surface area (Å²) in [6.07, 6.45) is 3.81. The quantitative estimate of drug-likeness (QED) is 0.549. The van der Waals surface area contributed by atoms with Gasteiger partial charge in [0.05, 0.1) is 29.6 Å². The van der Waals surface area contributed by atoms with Gasteiger partial charge >= 0.3 is 5.97 Å². The summed E-state index contributed by atoms with van der Waals surface area (Å²) >= 11 is 0. The zero-order chi connectivity index (χ0) is 22.3. The summed E-state index contributed by atoms with van der Waals surface area (Å²) in [5, 5.41) is 5.87. The Morgan fingerprint density at radius 3 is 2.48 bits per heavy atom. The van der Waals surface area contributed by atoms with Gasteiger partial charge in [-0.2, -0.15) is 10.1 Å². The molecule has 0 saturated heterocycles. The number of fused-ring (bicyclic) bond motifs is 1. The molecule has 0 fully saturated rings. The van der Waals surface area contributed by atoms with Crippen LogP contribution < -0.4 is 9.91 Å². The van der Waals surface area contributed by atoms with Crippen molar-refractivity contribution in [3.63, 3.8) is 0 Å². The second-order valence-electron chi connectivity index (χ2n) is 8.18. The molecular formula is C25H25N3O3. The fraction of sp³-hybridized carbons (Fsp3) is 0.240. The largest absolute Gasteiger partial charge is 0.465 e. The SMILES string of the molecule is COC(=O)c1ccc2c(c1)C(C)(C)/C(=C/C=C1\C(=O)N(c3ccccc3)N=C1C)N2C. The van der Waals surface area contributed by atoms with Gasteiger partial charge in [-0.3, -0.25) is 4.79 Å². The van der Waals surface area contributed by atoms with Crippen LogP contribution in [0.25, 0.3) is 0 Å². The van der Waals surface area contributed by atoms with Gasteiger partial charge in [0.2, 0.25) is 0 Å². The summed E-state index contributed by atoms with van der Waals surface area (Å²) in [6.45, 7) is 6.05. The smallest absolute Gasteiger partial charge is 0.337 e. The molecule has 2 heterocycles. The van der Waals surface area contributed by atoms with Gasteiger partial charge in [0.25, 0.3) is 5.91 Å². The molecule has 2 aliphatic rings. The molecule has 2 aromatic rings. The molecule has 1 amide bonds. The minimum Gasteiger partial charge on any atom is -0.465 e. The van der Waals surface area contributed by atoms with Crippen molar-refractivity contribution in [1.82, 2.24) is 0 Å². The van der Waals surface area contributed by atoms with E-state index in [1.165, 1.54) is 12.1 Å². The van der Waals surface area contributed by atoms with E-state index >= 15 is 0 Å². The number of hydrogen-bond donors (Lipinski definition) is 0. The number of anilines is 2. The number of esters is 1. The van der Waals surface area contributed by atoms with Crippen LogP contribution >= 0.6 is 0 Å². The van der Waals surface area contributed by atoms with Gasteiger partial charge in [0.1, 0.15) is 0 Å². The van der Waals surface area contributed by atoms with E-state index in [0.717, 1.165) is 22.6 Å². The number of nitrogens with zero attached hydrogens (tertiary/aromatic N) is 3. The average Bonchev–Trinajstić information content (AvgIpc) is 3.16. The maximum atomic E-state index is 13.0. The van der Waals surface area contributed by atoms with Crippen LogP contribution in [0, 0.1) is 0 Å². The standard InChI is InChI=1S/C25H25N3O3/c1-16-19(23(29)28(26-16)18-9-7-6-8-10-18)12-14-22-25(2,3)20-15-17(24(30)31-5)11-13-21(20)27(22)4/h6-15H,1-5H3/b19-12-,22-14-. The average molecular weight is 415 g/mol. The van der Waals surface area contributed by atoms with Crippen molar-refractivity contribution < 1.29 is 14.3 Å². The first-order chi connectivity index (χ1) is 14.8. The van der Waals surface area contributed by atoms with E-state index < -0.39 is 0 Å². The summed E-state index contributed by atoms with van der Waals surface area (Å²) in [5.41, 5.74) is 5.24. The second kappa shape index (κ2) is 7.54. The van der Waals surface area contributed by atoms with E-state index in [1.807, 2.05) is 68.6 Å². The Bertz CT molecular complexity index is 1160. The van der Waals surface area contributed by atoms with E-state index in [1.54, 1.807) is 6.07 Å². The fourth-order valence-electron chi connectivity index (χ4n) is 4.20. The predicted molar refractivity (Wildman–Crippen MR) is 122 cm³/mol. The molecule has 6 nitrogen and oxygen atoms in total. The lowest BCUT2D eigenvalue weighted by atomic mass is 9.83. The molecule has 0 N–H and O–H groups in total. The Balaban J connectivity index is 1.69. The van der Waals surface area contributed by atoms with E-state index in [0.29, 0.717) is 16.8 Å². The highest BCUT2D eigenvalue weighted by molar-refractivity contribution is 6.29. The molecule has 0 atom stereocenters. The number of hydrazone groups is 1. The lowest BCUT2D eigenvalue weighted by Gasteiger charge is -2.23. The third kappa shape index (κ3) is 3.34. The van der Waals surface area contributed by atoms with Gasteiger partial charge in [-0.1, -0.05) is 32.0 Å². The van der Waals surface area contributed by atoms with Crippen LogP contribution in [0.3, 0.4) is 0 Å². The number of allylic oxidation sites excluding steroid dienone is 3. The molecule has 0 saturated carbocycles. The molecule has 4 rings (SSSR count).